The minimum Gasteiger partial charge on any atom is -0.482 e. The zero-order valence-corrected chi connectivity index (χ0v) is 16.7. The van der Waals surface area contributed by atoms with E-state index in [9.17, 15) is 9.59 Å². The monoisotopic (exact) mass is 389 g/mol. The number of carbonyl (C=O) groups excluding carboxylic acids is 2. The van der Waals surface area contributed by atoms with E-state index in [0.29, 0.717) is 10.8 Å². The number of anilines is 1. The lowest BCUT2D eigenvalue weighted by molar-refractivity contribution is -0.155. The van der Waals surface area contributed by atoms with Gasteiger partial charge in [0, 0.05) is 10.7 Å². The maximum Gasteiger partial charge on any atom is 0.344 e. The number of ether oxygens (including phenoxy) is 2. The van der Waals surface area contributed by atoms with Crippen molar-refractivity contribution in [1.29, 1.82) is 0 Å². The van der Waals surface area contributed by atoms with Gasteiger partial charge in [-0.25, -0.2) is 4.79 Å². The van der Waals surface area contributed by atoms with E-state index in [2.05, 4.69) is 19.2 Å². The summed E-state index contributed by atoms with van der Waals surface area (Å²) in [6, 6.07) is 12.6. The highest BCUT2D eigenvalue weighted by atomic mass is 35.5. The molecular formula is C21H24ClNO4. The van der Waals surface area contributed by atoms with Gasteiger partial charge >= 0.3 is 5.97 Å². The van der Waals surface area contributed by atoms with Crippen LogP contribution in [0.25, 0.3) is 0 Å². The number of aryl methyl sites for hydroxylation is 1. The molecular weight excluding hydrogens is 366 g/mol. The number of esters is 1. The summed E-state index contributed by atoms with van der Waals surface area (Å²) in [5, 5.41) is 3.38. The van der Waals surface area contributed by atoms with E-state index in [4.69, 9.17) is 21.1 Å². The molecule has 0 aliphatic carbocycles. The Morgan fingerprint density at radius 1 is 1.11 bits per heavy atom. The lowest BCUT2D eigenvalue weighted by Crippen LogP contribution is -2.32. The maximum atomic E-state index is 12.4. The normalized spacial score (nSPS) is 11.8. The van der Waals surface area contributed by atoms with Crippen molar-refractivity contribution in [3.05, 3.63) is 58.6 Å². The molecule has 5 nitrogen and oxygen atoms in total. The lowest BCUT2D eigenvalue weighted by Gasteiger charge is -2.19. The zero-order chi connectivity index (χ0) is 20.0. The predicted molar refractivity (Wildman–Crippen MR) is 106 cm³/mol. The second kappa shape index (κ2) is 9.42. The standard InChI is InChI=1S/C21H24ClNO4/c1-13(2)18-10-5-7-14(3)20(18)23-21(25)15(4)27-19(24)12-26-17-9-6-8-16(22)11-17/h5-11,13,15H,12H2,1-4H3,(H,23,25)/t15-/m1/s1. The Balaban J connectivity index is 1.93. The fourth-order valence-electron chi connectivity index (χ4n) is 2.55. The Labute approximate surface area is 164 Å². The summed E-state index contributed by atoms with van der Waals surface area (Å²) in [5.74, 6) is -0.309. The van der Waals surface area contributed by atoms with Gasteiger partial charge in [0.25, 0.3) is 5.91 Å². The Hall–Kier alpha value is -2.53. The Bertz CT molecular complexity index is 820. The topological polar surface area (TPSA) is 64.6 Å². The van der Waals surface area contributed by atoms with E-state index in [1.165, 1.54) is 6.92 Å². The first-order valence-electron chi connectivity index (χ1n) is 8.76. The van der Waals surface area contributed by atoms with Crippen molar-refractivity contribution in [3.8, 4) is 5.75 Å². The third-order valence-corrected chi connectivity index (χ3v) is 4.24. The smallest absolute Gasteiger partial charge is 0.344 e. The van der Waals surface area contributed by atoms with Crippen molar-refractivity contribution in [2.75, 3.05) is 11.9 Å². The third-order valence-electron chi connectivity index (χ3n) is 4.01. The molecule has 0 aromatic heterocycles. The number of benzene rings is 2. The number of halogens is 1. The summed E-state index contributed by atoms with van der Waals surface area (Å²) < 4.78 is 10.5. The van der Waals surface area contributed by atoms with Crippen molar-refractivity contribution in [3.63, 3.8) is 0 Å². The molecule has 0 saturated heterocycles. The number of rotatable bonds is 7. The largest absolute Gasteiger partial charge is 0.482 e. The van der Waals surface area contributed by atoms with Crippen LogP contribution in [-0.2, 0) is 14.3 Å². The third kappa shape index (κ3) is 6.00. The molecule has 0 radical (unpaired) electrons. The lowest BCUT2D eigenvalue weighted by atomic mass is 9.98. The molecule has 144 valence electrons. The van der Waals surface area contributed by atoms with Crippen LogP contribution < -0.4 is 10.1 Å². The summed E-state index contributed by atoms with van der Waals surface area (Å²) in [5.41, 5.74) is 2.75. The Morgan fingerprint density at radius 2 is 1.81 bits per heavy atom. The van der Waals surface area contributed by atoms with Crippen LogP contribution in [0, 0.1) is 6.92 Å². The van der Waals surface area contributed by atoms with Gasteiger partial charge in [0.05, 0.1) is 0 Å². The highest BCUT2D eigenvalue weighted by Gasteiger charge is 2.20. The number of nitrogens with one attached hydrogen (secondary N) is 1. The van der Waals surface area contributed by atoms with E-state index < -0.39 is 12.1 Å². The number of hydrogen-bond acceptors (Lipinski definition) is 4. The van der Waals surface area contributed by atoms with Gasteiger partial charge in [0.2, 0.25) is 0 Å². The van der Waals surface area contributed by atoms with E-state index in [1.807, 2.05) is 25.1 Å². The molecule has 2 aromatic carbocycles. The fraction of sp³-hybridized carbons (Fsp3) is 0.333. The van der Waals surface area contributed by atoms with E-state index in [1.54, 1.807) is 24.3 Å². The molecule has 0 unspecified atom stereocenters. The van der Waals surface area contributed by atoms with Crippen molar-refractivity contribution in [2.45, 2.75) is 39.7 Å². The Morgan fingerprint density at radius 3 is 2.48 bits per heavy atom. The minimum absolute atomic E-state index is 0.254. The zero-order valence-electron chi connectivity index (χ0n) is 15.9. The van der Waals surface area contributed by atoms with Gasteiger partial charge in [-0.3, -0.25) is 4.79 Å². The van der Waals surface area contributed by atoms with Crippen LogP contribution in [0.15, 0.2) is 42.5 Å². The van der Waals surface area contributed by atoms with Gasteiger partial charge in [0.1, 0.15) is 5.75 Å². The van der Waals surface area contributed by atoms with E-state index in [0.717, 1.165) is 16.8 Å². The first-order chi connectivity index (χ1) is 12.8. The molecule has 27 heavy (non-hydrogen) atoms. The molecule has 1 atom stereocenters. The molecule has 0 heterocycles. The second-order valence-electron chi connectivity index (χ2n) is 6.56. The van der Waals surface area contributed by atoms with Crippen molar-refractivity contribution in [2.24, 2.45) is 0 Å². The van der Waals surface area contributed by atoms with Gasteiger partial charge < -0.3 is 14.8 Å². The van der Waals surface area contributed by atoms with Crippen LogP contribution in [0.1, 0.15) is 37.8 Å². The number of para-hydroxylation sites is 1. The SMILES string of the molecule is Cc1cccc(C(C)C)c1NC(=O)[C@@H](C)OC(=O)COc1cccc(Cl)c1. The molecule has 0 saturated carbocycles. The second-order valence-corrected chi connectivity index (χ2v) is 7.00. The molecule has 1 N–H and O–H groups in total. The van der Waals surface area contributed by atoms with Crippen molar-refractivity contribution in [1.82, 2.24) is 0 Å². The molecule has 2 aromatic rings. The van der Waals surface area contributed by atoms with Crippen molar-refractivity contribution < 1.29 is 19.1 Å². The van der Waals surface area contributed by atoms with Gasteiger partial charge in [-0.15, -0.1) is 0 Å². The number of carbonyl (C=O) groups is 2. The molecule has 6 heteroatoms. The summed E-state index contributed by atoms with van der Waals surface area (Å²) in [6.07, 6.45) is -0.944. The predicted octanol–water partition coefficient (Wildman–Crippen LogP) is 4.72. The average Bonchev–Trinajstić information content (AvgIpc) is 2.61. The first-order valence-corrected chi connectivity index (χ1v) is 9.14. The highest BCUT2D eigenvalue weighted by Crippen LogP contribution is 2.27. The summed E-state index contributed by atoms with van der Waals surface area (Å²) in [7, 11) is 0. The molecule has 0 fully saturated rings. The summed E-state index contributed by atoms with van der Waals surface area (Å²) in [6.45, 7) is 7.26. The van der Waals surface area contributed by atoms with E-state index >= 15 is 0 Å². The van der Waals surface area contributed by atoms with Gasteiger partial charge in [0.15, 0.2) is 12.7 Å². The van der Waals surface area contributed by atoms with Crippen LogP contribution in [0.5, 0.6) is 5.75 Å². The van der Waals surface area contributed by atoms with Crippen molar-refractivity contribution >= 4 is 29.2 Å². The van der Waals surface area contributed by atoms with Gasteiger partial charge in [-0.05, 0) is 49.1 Å². The minimum atomic E-state index is -0.944. The Kier molecular flexibility index (Phi) is 7.25. The first kappa shape index (κ1) is 20.8. The van der Waals surface area contributed by atoms with Crippen LogP contribution in [0.3, 0.4) is 0 Å². The highest BCUT2D eigenvalue weighted by molar-refractivity contribution is 6.30. The van der Waals surface area contributed by atoms with Crippen LogP contribution in [0.2, 0.25) is 5.02 Å². The average molecular weight is 390 g/mol. The molecule has 0 bridgehead atoms. The van der Waals surface area contributed by atoms with Crippen LogP contribution in [0.4, 0.5) is 5.69 Å². The number of amides is 1. The molecule has 0 spiro atoms. The molecule has 0 aliphatic heterocycles. The van der Waals surface area contributed by atoms with Gasteiger partial charge in [-0.1, -0.05) is 49.7 Å². The van der Waals surface area contributed by atoms with Crippen LogP contribution in [-0.4, -0.2) is 24.6 Å². The number of hydrogen-bond donors (Lipinski definition) is 1. The molecule has 1 amide bonds. The summed E-state index contributed by atoms with van der Waals surface area (Å²) in [4.78, 5) is 24.4. The van der Waals surface area contributed by atoms with Crippen LogP contribution >= 0.6 is 11.6 Å². The summed E-state index contributed by atoms with van der Waals surface area (Å²) >= 11 is 5.86. The maximum absolute atomic E-state index is 12.4. The quantitative estimate of drug-likeness (QED) is 0.696. The van der Waals surface area contributed by atoms with E-state index in [-0.39, 0.29) is 18.4 Å². The molecule has 0 aliphatic rings. The fourth-order valence-corrected chi connectivity index (χ4v) is 2.73. The van der Waals surface area contributed by atoms with Gasteiger partial charge in [-0.2, -0.15) is 0 Å². The molecule has 2 rings (SSSR count).